The molecule has 3 rings (SSSR count). The summed E-state index contributed by atoms with van der Waals surface area (Å²) in [7, 11) is 1.67. The van der Waals surface area contributed by atoms with E-state index in [4.69, 9.17) is 4.74 Å². The average molecular weight is 355 g/mol. The lowest BCUT2D eigenvalue weighted by Crippen LogP contribution is -2.40. The SMILES string of the molecule is COC1CCN(C(=O)c2ccc(Nc3ccccc3)c([N+](=O)[O-])c2)CC1. The van der Waals surface area contributed by atoms with Gasteiger partial charge < -0.3 is 15.0 Å². The number of anilines is 2. The van der Waals surface area contributed by atoms with Crippen molar-refractivity contribution in [3.8, 4) is 0 Å². The summed E-state index contributed by atoms with van der Waals surface area (Å²) < 4.78 is 5.31. The van der Waals surface area contributed by atoms with Gasteiger partial charge in [-0.3, -0.25) is 14.9 Å². The number of hydrogen-bond acceptors (Lipinski definition) is 5. The number of nitro groups is 1. The molecule has 26 heavy (non-hydrogen) atoms. The minimum atomic E-state index is -0.473. The number of nitrogens with zero attached hydrogens (tertiary/aromatic N) is 2. The second kappa shape index (κ2) is 7.97. The van der Waals surface area contributed by atoms with Crippen LogP contribution in [0.15, 0.2) is 48.5 Å². The van der Waals surface area contributed by atoms with E-state index in [1.54, 1.807) is 24.1 Å². The zero-order chi connectivity index (χ0) is 18.5. The zero-order valence-electron chi connectivity index (χ0n) is 14.6. The Balaban J connectivity index is 1.80. The Labute approximate surface area is 151 Å². The minimum absolute atomic E-state index is 0.119. The molecular weight excluding hydrogens is 334 g/mol. The van der Waals surface area contributed by atoms with E-state index in [2.05, 4.69) is 5.32 Å². The molecule has 7 nitrogen and oxygen atoms in total. The van der Waals surface area contributed by atoms with Crippen LogP contribution in [0.1, 0.15) is 23.2 Å². The van der Waals surface area contributed by atoms with Crippen molar-refractivity contribution in [1.82, 2.24) is 4.90 Å². The van der Waals surface area contributed by atoms with Crippen molar-refractivity contribution in [2.75, 3.05) is 25.5 Å². The first kappa shape index (κ1) is 17.9. The van der Waals surface area contributed by atoms with Crippen LogP contribution in [0.5, 0.6) is 0 Å². The largest absolute Gasteiger partial charge is 0.381 e. The lowest BCUT2D eigenvalue weighted by molar-refractivity contribution is -0.383. The summed E-state index contributed by atoms with van der Waals surface area (Å²) in [6, 6.07) is 13.8. The van der Waals surface area contributed by atoms with E-state index in [1.807, 2.05) is 30.3 Å². The molecule has 0 bridgehead atoms. The number of carbonyl (C=O) groups is 1. The van der Waals surface area contributed by atoms with E-state index >= 15 is 0 Å². The number of para-hydroxylation sites is 1. The topological polar surface area (TPSA) is 84.7 Å². The third-order valence-corrected chi connectivity index (χ3v) is 4.56. The molecule has 2 aromatic carbocycles. The number of carbonyl (C=O) groups excluding carboxylic acids is 1. The number of piperidine rings is 1. The molecule has 1 saturated heterocycles. The molecule has 0 aromatic heterocycles. The van der Waals surface area contributed by atoms with Gasteiger partial charge in [-0.15, -0.1) is 0 Å². The van der Waals surface area contributed by atoms with Gasteiger partial charge in [0.25, 0.3) is 11.6 Å². The first-order valence-corrected chi connectivity index (χ1v) is 8.51. The molecule has 0 atom stereocenters. The zero-order valence-corrected chi connectivity index (χ0v) is 14.6. The smallest absolute Gasteiger partial charge is 0.293 e. The van der Waals surface area contributed by atoms with Gasteiger partial charge in [0.05, 0.1) is 11.0 Å². The van der Waals surface area contributed by atoms with Crippen LogP contribution >= 0.6 is 0 Å². The quantitative estimate of drug-likeness (QED) is 0.654. The van der Waals surface area contributed by atoms with Crippen molar-refractivity contribution in [1.29, 1.82) is 0 Å². The summed E-state index contributed by atoms with van der Waals surface area (Å²) in [5.41, 5.74) is 1.31. The van der Waals surface area contributed by atoms with Gasteiger partial charge in [-0.25, -0.2) is 0 Å². The summed E-state index contributed by atoms with van der Waals surface area (Å²) in [5.74, 6) is -0.186. The number of nitrogens with one attached hydrogen (secondary N) is 1. The van der Waals surface area contributed by atoms with Gasteiger partial charge in [0.1, 0.15) is 5.69 Å². The number of ether oxygens (including phenoxy) is 1. The van der Waals surface area contributed by atoms with Gasteiger partial charge in [0.15, 0.2) is 0 Å². The molecule has 1 amide bonds. The predicted molar refractivity (Wildman–Crippen MR) is 98.8 cm³/mol. The van der Waals surface area contributed by atoms with Gasteiger partial charge >= 0.3 is 0 Å². The van der Waals surface area contributed by atoms with Crippen LogP contribution < -0.4 is 5.32 Å². The summed E-state index contributed by atoms with van der Waals surface area (Å²) in [4.78, 5) is 25.4. The Morgan fingerprint density at radius 1 is 1.19 bits per heavy atom. The average Bonchev–Trinajstić information content (AvgIpc) is 2.68. The highest BCUT2D eigenvalue weighted by molar-refractivity contribution is 5.96. The molecule has 1 aliphatic rings. The number of benzene rings is 2. The molecule has 1 heterocycles. The summed E-state index contributed by atoms with van der Waals surface area (Å²) in [6.45, 7) is 1.18. The van der Waals surface area contributed by atoms with Gasteiger partial charge in [0, 0.05) is 37.5 Å². The number of amides is 1. The van der Waals surface area contributed by atoms with E-state index in [-0.39, 0.29) is 17.7 Å². The van der Waals surface area contributed by atoms with Crippen LogP contribution in [0.25, 0.3) is 0 Å². The third kappa shape index (κ3) is 4.00. The van der Waals surface area contributed by atoms with Crippen molar-refractivity contribution in [2.24, 2.45) is 0 Å². The third-order valence-electron chi connectivity index (χ3n) is 4.56. The monoisotopic (exact) mass is 355 g/mol. The molecule has 0 aliphatic carbocycles. The van der Waals surface area contributed by atoms with E-state index in [1.165, 1.54) is 6.07 Å². The van der Waals surface area contributed by atoms with Crippen LogP contribution in [0, 0.1) is 10.1 Å². The Bertz CT molecular complexity index is 787. The highest BCUT2D eigenvalue weighted by Crippen LogP contribution is 2.29. The summed E-state index contributed by atoms with van der Waals surface area (Å²) in [5, 5.41) is 14.5. The predicted octanol–water partition coefficient (Wildman–Crippen LogP) is 3.59. The maximum Gasteiger partial charge on any atom is 0.293 e. The molecule has 1 fully saturated rings. The van der Waals surface area contributed by atoms with Gasteiger partial charge in [-0.1, -0.05) is 18.2 Å². The fourth-order valence-electron chi connectivity index (χ4n) is 3.08. The molecule has 136 valence electrons. The maximum absolute atomic E-state index is 12.7. The first-order chi connectivity index (χ1) is 12.6. The van der Waals surface area contributed by atoms with Gasteiger partial charge in [-0.2, -0.15) is 0 Å². The minimum Gasteiger partial charge on any atom is -0.381 e. The fourth-order valence-corrected chi connectivity index (χ4v) is 3.08. The van der Waals surface area contributed by atoms with E-state index in [9.17, 15) is 14.9 Å². The number of hydrogen-bond donors (Lipinski definition) is 1. The van der Waals surface area contributed by atoms with E-state index in [0.717, 1.165) is 18.5 Å². The van der Waals surface area contributed by atoms with E-state index in [0.29, 0.717) is 24.3 Å². The van der Waals surface area contributed by atoms with Crippen LogP contribution in [0.3, 0.4) is 0 Å². The Hall–Kier alpha value is -2.93. The van der Waals surface area contributed by atoms with Crippen LogP contribution in [0.2, 0.25) is 0 Å². The molecule has 1 N–H and O–H groups in total. The number of rotatable bonds is 5. The fraction of sp³-hybridized carbons (Fsp3) is 0.316. The second-order valence-electron chi connectivity index (χ2n) is 6.21. The highest BCUT2D eigenvalue weighted by Gasteiger charge is 2.25. The summed E-state index contributed by atoms with van der Waals surface area (Å²) in [6.07, 6.45) is 1.72. The van der Waals surface area contributed by atoms with Crippen molar-refractivity contribution >= 4 is 23.0 Å². The molecule has 0 unspecified atom stereocenters. The normalized spacial score (nSPS) is 14.9. The lowest BCUT2D eigenvalue weighted by Gasteiger charge is -2.31. The first-order valence-electron chi connectivity index (χ1n) is 8.51. The van der Waals surface area contributed by atoms with Crippen molar-refractivity contribution in [2.45, 2.75) is 18.9 Å². The number of likely N-dealkylation sites (tertiary alicyclic amines) is 1. The molecular formula is C19H21N3O4. The molecule has 2 aromatic rings. The Morgan fingerprint density at radius 3 is 2.50 bits per heavy atom. The van der Waals surface area contributed by atoms with Crippen LogP contribution in [-0.2, 0) is 4.74 Å². The van der Waals surface area contributed by atoms with Crippen LogP contribution in [0.4, 0.5) is 17.1 Å². The molecule has 0 saturated carbocycles. The lowest BCUT2D eigenvalue weighted by atomic mass is 10.1. The Morgan fingerprint density at radius 2 is 1.88 bits per heavy atom. The second-order valence-corrected chi connectivity index (χ2v) is 6.21. The molecule has 7 heteroatoms. The van der Waals surface area contributed by atoms with Crippen LogP contribution in [-0.4, -0.2) is 42.0 Å². The van der Waals surface area contributed by atoms with Crippen molar-refractivity contribution in [3.05, 3.63) is 64.2 Å². The van der Waals surface area contributed by atoms with Crippen molar-refractivity contribution in [3.63, 3.8) is 0 Å². The highest BCUT2D eigenvalue weighted by atomic mass is 16.6. The Kier molecular flexibility index (Phi) is 5.48. The molecule has 0 spiro atoms. The number of nitro benzene ring substituents is 1. The van der Waals surface area contributed by atoms with Gasteiger partial charge in [-0.05, 0) is 37.1 Å². The standard InChI is InChI=1S/C19H21N3O4/c1-26-16-9-11-21(12-10-16)19(23)14-7-8-17(18(13-14)22(24)25)20-15-5-3-2-4-6-15/h2-8,13,16,20H,9-12H2,1H3. The van der Waals surface area contributed by atoms with Gasteiger partial charge in [0.2, 0.25) is 0 Å². The number of methoxy groups -OCH3 is 1. The summed E-state index contributed by atoms with van der Waals surface area (Å²) >= 11 is 0. The molecule has 0 radical (unpaired) electrons. The van der Waals surface area contributed by atoms with Crippen molar-refractivity contribution < 1.29 is 14.5 Å². The van der Waals surface area contributed by atoms with E-state index < -0.39 is 4.92 Å². The maximum atomic E-state index is 12.7. The molecule has 1 aliphatic heterocycles.